The van der Waals surface area contributed by atoms with Crippen LogP contribution in [0.3, 0.4) is 0 Å². The summed E-state index contributed by atoms with van der Waals surface area (Å²) in [6.07, 6.45) is 1.87. The largest absolute Gasteiger partial charge is 0.506 e. The topological polar surface area (TPSA) is 176 Å². The van der Waals surface area contributed by atoms with E-state index in [2.05, 4.69) is 32.4 Å². The van der Waals surface area contributed by atoms with Crippen LogP contribution in [0.1, 0.15) is 30.1 Å². The first-order valence-electron chi connectivity index (χ1n) is 12.2. The van der Waals surface area contributed by atoms with Gasteiger partial charge in [0.25, 0.3) is 5.91 Å². The number of aromatic nitrogens is 4. The zero-order valence-electron chi connectivity index (χ0n) is 21.1. The lowest BCUT2D eigenvalue weighted by molar-refractivity contribution is 0.102. The van der Waals surface area contributed by atoms with Crippen molar-refractivity contribution in [3.05, 3.63) is 53.1 Å². The molecule has 1 aliphatic heterocycles. The second-order valence-electron chi connectivity index (χ2n) is 9.65. The van der Waals surface area contributed by atoms with Crippen LogP contribution in [-0.4, -0.2) is 55.9 Å². The van der Waals surface area contributed by atoms with Gasteiger partial charge in [0, 0.05) is 23.4 Å². The predicted molar refractivity (Wildman–Crippen MR) is 151 cm³/mol. The molecule has 5 rings (SSSR count). The second-order valence-corrected chi connectivity index (χ2v) is 11.1. The molecular formula is C26H27ClN8O3S. The Hall–Kier alpha value is -3.87. The number of nitrogens with zero attached hydrogens (tertiary/aromatic N) is 5. The van der Waals surface area contributed by atoms with Crippen molar-refractivity contribution >= 4 is 57.6 Å². The fourth-order valence-electron chi connectivity index (χ4n) is 4.34. The number of carbonyl (C=O) groups is 1. The van der Waals surface area contributed by atoms with E-state index in [1.54, 1.807) is 42.5 Å². The van der Waals surface area contributed by atoms with E-state index in [0.717, 1.165) is 37.7 Å². The number of fused-ring (bicyclic) bond motifs is 1. The maximum absolute atomic E-state index is 13.0. The minimum atomic E-state index is -0.773. The summed E-state index contributed by atoms with van der Waals surface area (Å²) in [6.45, 7) is 4.36. The zero-order chi connectivity index (χ0) is 27.7. The van der Waals surface area contributed by atoms with E-state index in [1.807, 2.05) is 4.90 Å². The van der Waals surface area contributed by atoms with Crippen molar-refractivity contribution in [3.8, 4) is 11.6 Å². The number of para-hydroxylation sites is 1. The molecule has 0 spiro atoms. The lowest BCUT2D eigenvalue weighted by atomic mass is 9.81. The van der Waals surface area contributed by atoms with Gasteiger partial charge in [0.15, 0.2) is 10.8 Å². The molecule has 202 valence electrons. The van der Waals surface area contributed by atoms with Crippen molar-refractivity contribution in [1.29, 1.82) is 0 Å². The number of nitrogen functional groups attached to an aromatic ring is 1. The van der Waals surface area contributed by atoms with Crippen molar-refractivity contribution in [1.82, 2.24) is 20.2 Å². The number of hydrogen-bond acceptors (Lipinski definition) is 11. The van der Waals surface area contributed by atoms with Crippen LogP contribution in [0.25, 0.3) is 10.9 Å². The highest BCUT2D eigenvalue weighted by molar-refractivity contribution is 7.99. The Bertz CT molecular complexity index is 1560. The van der Waals surface area contributed by atoms with E-state index in [4.69, 9.17) is 23.1 Å². The van der Waals surface area contributed by atoms with Crippen molar-refractivity contribution in [2.45, 2.75) is 29.7 Å². The molecule has 39 heavy (non-hydrogen) atoms. The molecule has 11 nitrogen and oxygen atoms in total. The zero-order valence-corrected chi connectivity index (χ0v) is 22.6. The molecule has 1 saturated heterocycles. The maximum atomic E-state index is 13.0. The highest BCUT2D eigenvalue weighted by atomic mass is 35.5. The molecule has 3 heterocycles. The number of anilines is 3. The number of aromatic hydroxyl groups is 2. The average molecular weight is 567 g/mol. The van der Waals surface area contributed by atoms with Crippen LogP contribution >= 0.6 is 23.4 Å². The van der Waals surface area contributed by atoms with E-state index >= 15 is 0 Å². The molecule has 2 aromatic heterocycles. The molecule has 0 radical (unpaired) electrons. The number of piperidine rings is 1. The Morgan fingerprint density at radius 3 is 2.59 bits per heavy atom. The van der Waals surface area contributed by atoms with E-state index in [-0.39, 0.29) is 33.3 Å². The van der Waals surface area contributed by atoms with Crippen LogP contribution in [0.2, 0.25) is 5.02 Å². The third-order valence-corrected chi connectivity index (χ3v) is 8.47. The van der Waals surface area contributed by atoms with Gasteiger partial charge >= 0.3 is 0 Å². The summed E-state index contributed by atoms with van der Waals surface area (Å²) in [4.78, 5) is 24.1. The maximum Gasteiger partial charge on any atom is 0.265 e. The summed E-state index contributed by atoms with van der Waals surface area (Å²) in [5, 5.41) is 33.1. The second kappa shape index (κ2) is 10.7. The van der Waals surface area contributed by atoms with Crippen LogP contribution in [0, 0.1) is 5.41 Å². The number of pyridine rings is 1. The monoisotopic (exact) mass is 566 g/mol. The van der Waals surface area contributed by atoms with E-state index < -0.39 is 11.8 Å². The van der Waals surface area contributed by atoms with Gasteiger partial charge in [-0.3, -0.25) is 4.79 Å². The number of amides is 1. The summed E-state index contributed by atoms with van der Waals surface area (Å²) in [5.74, 6) is -1.08. The molecular weight excluding hydrogens is 540 g/mol. The van der Waals surface area contributed by atoms with Gasteiger partial charge in [0.05, 0.1) is 16.2 Å². The number of nitrogens with one attached hydrogen (secondary N) is 1. The molecule has 7 N–H and O–H groups in total. The molecule has 0 bridgehead atoms. The average Bonchev–Trinajstić information content (AvgIpc) is 2.92. The Morgan fingerprint density at radius 2 is 1.87 bits per heavy atom. The summed E-state index contributed by atoms with van der Waals surface area (Å²) in [7, 11) is 0. The Kier molecular flexibility index (Phi) is 7.34. The fraction of sp³-hybridized carbons (Fsp3) is 0.269. The van der Waals surface area contributed by atoms with Gasteiger partial charge in [-0.2, -0.15) is 4.98 Å². The molecule has 2 aromatic carbocycles. The molecule has 1 amide bonds. The van der Waals surface area contributed by atoms with Crippen molar-refractivity contribution < 1.29 is 15.0 Å². The summed E-state index contributed by atoms with van der Waals surface area (Å²) in [5.41, 5.74) is 12.5. The van der Waals surface area contributed by atoms with Gasteiger partial charge < -0.3 is 31.9 Å². The van der Waals surface area contributed by atoms with Crippen LogP contribution in [0.15, 0.2) is 52.4 Å². The van der Waals surface area contributed by atoms with E-state index in [1.165, 1.54) is 0 Å². The first-order chi connectivity index (χ1) is 18.7. The van der Waals surface area contributed by atoms with Gasteiger partial charge in [0.2, 0.25) is 11.8 Å². The van der Waals surface area contributed by atoms with Crippen LogP contribution in [-0.2, 0) is 0 Å². The predicted octanol–water partition coefficient (Wildman–Crippen LogP) is 4.04. The summed E-state index contributed by atoms with van der Waals surface area (Å²) < 4.78 is 0. The fourth-order valence-corrected chi connectivity index (χ4v) is 5.42. The molecule has 0 saturated carbocycles. The highest BCUT2D eigenvalue weighted by Gasteiger charge is 2.30. The molecule has 0 atom stereocenters. The summed E-state index contributed by atoms with van der Waals surface area (Å²) >= 11 is 7.76. The summed E-state index contributed by atoms with van der Waals surface area (Å²) in [6, 6.07) is 11.6. The van der Waals surface area contributed by atoms with Gasteiger partial charge in [-0.15, -0.1) is 10.2 Å². The lowest BCUT2D eigenvalue weighted by Gasteiger charge is -2.38. The van der Waals surface area contributed by atoms with Gasteiger partial charge in [0.1, 0.15) is 11.3 Å². The third-order valence-electron chi connectivity index (χ3n) is 6.91. The Morgan fingerprint density at radius 1 is 1.13 bits per heavy atom. The van der Waals surface area contributed by atoms with Crippen molar-refractivity contribution in [2.75, 3.05) is 35.6 Å². The van der Waals surface area contributed by atoms with E-state index in [9.17, 15) is 15.0 Å². The first kappa shape index (κ1) is 26.7. The van der Waals surface area contributed by atoms with Crippen LogP contribution < -0.4 is 21.7 Å². The minimum absolute atomic E-state index is 0.116. The number of benzene rings is 2. The number of hydrogen-bond donors (Lipinski definition) is 5. The number of nitrogens with two attached hydrogens (primary N) is 2. The van der Waals surface area contributed by atoms with Crippen molar-refractivity contribution in [3.63, 3.8) is 0 Å². The number of carbonyl (C=O) groups excluding carboxylic acids is 1. The molecule has 0 aliphatic carbocycles. The van der Waals surface area contributed by atoms with Gasteiger partial charge in [-0.05, 0) is 49.1 Å². The number of halogens is 1. The lowest BCUT2D eigenvalue weighted by Crippen LogP contribution is -2.43. The van der Waals surface area contributed by atoms with Crippen LogP contribution in [0.4, 0.5) is 17.5 Å². The molecule has 1 fully saturated rings. The molecule has 1 aliphatic rings. The third kappa shape index (κ3) is 5.35. The highest BCUT2D eigenvalue weighted by Crippen LogP contribution is 2.40. The molecule has 0 unspecified atom stereocenters. The molecule has 4 aromatic rings. The van der Waals surface area contributed by atoms with Gasteiger partial charge in [-0.25, -0.2) is 4.98 Å². The van der Waals surface area contributed by atoms with Crippen molar-refractivity contribution in [2.24, 2.45) is 11.1 Å². The molecule has 13 heteroatoms. The number of rotatable bonds is 6. The van der Waals surface area contributed by atoms with Crippen LogP contribution in [0.5, 0.6) is 11.6 Å². The minimum Gasteiger partial charge on any atom is -0.506 e. The normalized spacial score (nSPS) is 14.9. The van der Waals surface area contributed by atoms with E-state index in [0.29, 0.717) is 33.3 Å². The quantitative estimate of drug-likeness (QED) is 0.227. The Balaban J connectivity index is 1.34. The standard InChI is InChI=1S/C26H27ClN8O3S/c1-26(13-28)9-11-35(12-10-26)25-32-21(29)24(33-34-25)39-17-8-4-7-16(19(17)27)31-23(38)18-20(36)14-5-2-3-6-15(14)30-22(18)37/h2-8H,9-13,28H2,1H3,(H,31,38)(H2,29,32,34)(H2,30,36,37). The van der Waals surface area contributed by atoms with Gasteiger partial charge in [-0.1, -0.05) is 48.5 Å². The Labute approximate surface area is 233 Å². The smallest absolute Gasteiger partial charge is 0.265 e. The SMILES string of the molecule is CC1(CN)CCN(c2nnc(Sc3cccc(NC(=O)c4c(O)nc5ccccc5c4O)c3Cl)c(N)n2)CC1. The first-order valence-corrected chi connectivity index (χ1v) is 13.4.